The van der Waals surface area contributed by atoms with Gasteiger partial charge in [0.05, 0.1) is 17.2 Å². The molecule has 1 unspecified atom stereocenters. The van der Waals surface area contributed by atoms with Crippen LogP contribution in [0, 0.1) is 0 Å². The number of fused-ring (bicyclic) bond motifs is 1. The lowest BCUT2D eigenvalue weighted by molar-refractivity contribution is 0.100. The maximum absolute atomic E-state index is 11.5. The fourth-order valence-electron chi connectivity index (χ4n) is 3.16. The molecular formula is C17H20N2O2S. The van der Waals surface area contributed by atoms with E-state index in [0.717, 1.165) is 30.6 Å². The summed E-state index contributed by atoms with van der Waals surface area (Å²) < 4.78 is 5.48. The second-order valence-electron chi connectivity index (χ2n) is 5.55. The second kappa shape index (κ2) is 6.01. The topological polar surface area (TPSA) is 78.3 Å². The van der Waals surface area contributed by atoms with E-state index in [4.69, 9.17) is 16.2 Å². The average Bonchev–Trinajstić information content (AvgIpc) is 2.83. The normalized spacial score (nSPS) is 17.0. The van der Waals surface area contributed by atoms with Gasteiger partial charge in [-0.25, -0.2) is 0 Å². The molecule has 0 aliphatic heterocycles. The molecule has 116 valence electrons. The maximum atomic E-state index is 11.5. The number of nitrogens with two attached hydrogens (primary N) is 2. The van der Waals surface area contributed by atoms with Crippen LogP contribution in [-0.2, 0) is 12.8 Å². The van der Waals surface area contributed by atoms with Crippen molar-refractivity contribution in [2.75, 3.05) is 12.3 Å². The highest BCUT2D eigenvalue weighted by Gasteiger charge is 2.27. The van der Waals surface area contributed by atoms with Gasteiger partial charge in [-0.1, -0.05) is 12.1 Å². The van der Waals surface area contributed by atoms with Gasteiger partial charge in [-0.15, -0.1) is 11.3 Å². The monoisotopic (exact) mass is 316 g/mol. The van der Waals surface area contributed by atoms with Gasteiger partial charge in [0.15, 0.2) is 0 Å². The summed E-state index contributed by atoms with van der Waals surface area (Å²) in [7, 11) is 0. The van der Waals surface area contributed by atoms with E-state index in [1.165, 1.54) is 21.8 Å². The Bertz CT molecular complexity index is 691. The van der Waals surface area contributed by atoms with E-state index in [2.05, 4.69) is 12.1 Å². The van der Waals surface area contributed by atoms with Crippen molar-refractivity contribution in [2.24, 2.45) is 5.73 Å². The minimum atomic E-state index is -0.408. The van der Waals surface area contributed by atoms with Crippen molar-refractivity contribution in [2.45, 2.75) is 32.1 Å². The smallest absolute Gasteiger partial charge is 0.251 e. The lowest BCUT2D eigenvalue weighted by Gasteiger charge is -2.23. The lowest BCUT2D eigenvalue weighted by Crippen LogP contribution is -2.17. The predicted molar refractivity (Wildman–Crippen MR) is 89.6 cm³/mol. The predicted octanol–water partition coefficient (Wildman–Crippen LogP) is 3.10. The Hall–Kier alpha value is -2.01. The molecule has 1 aromatic carbocycles. The molecule has 0 saturated heterocycles. The van der Waals surface area contributed by atoms with Crippen molar-refractivity contribution in [1.29, 1.82) is 0 Å². The molecule has 22 heavy (non-hydrogen) atoms. The molecule has 2 aromatic rings. The molecule has 4 nitrogen and oxygen atoms in total. The van der Waals surface area contributed by atoms with Crippen LogP contribution in [-0.4, -0.2) is 12.5 Å². The Morgan fingerprint density at radius 3 is 2.73 bits per heavy atom. The number of benzene rings is 1. The quantitative estimate of drug-likeness (QED) is 0.909. The summed E-state index contributed by atoms with van der Waals surface area (Å²) in [6.07, 6.45) is 2.79. The fraction of sp³-hybridized carbons (Fsp3) is 0.353. The highest BCUT2D eigenvalue weighted by Crippen LogP contribution is 2.41. The summed E-state index contributed by atoms with van der Waals surface area (Å²) in [5, 5.41) is 0.560. The van der Waals surface area contributed by atoms with Gasteiger partial charge < -0.3 is 16.2 Å². The Balaban J connectivity index is 1.82. The van der Waals surface area contributed by atoms with Gasteiger partial charge in [0.25, 0.3) is 5.91 Å². The minimum Gasteiger partial charge on any atom is -0.494 e. The third kappa shape index (κ3) is 2.68. The van der Waals surface area contributed by atoms with E-state index < -0.39 is 5.91 Å². The van der Waals surface area contributed by atoms with E-state index in [1.54, 1.807) is 0 Å². The van der Waals surface area contributed by atoms with E-state index in [0.29, 0.717) is 23.1 Å². The molecule has 0 fully saturated rings. The molecule has 4 N–H and O–H groups in total. The zero-order chi connectivity index (χ0) is 15.7. The van der Waals surface area contributed by atoms with Gasteiger partial charge in [-0.05, 0) is 55.4 Å². The van der Waals surface area contributed by atoms with E-state index in [9.17, 15) is 4.79 Å². The van der Waals surface area contributed by atoms with Gasteiger partial charge in [-0.2, -0.15) is 0 Å². The van der Waals surface area contributed by atoms with Crippen LogP contribution in [0.3, 0.4) is 0 Å². The number of carbonyl (C=O) groups is 1. The summed E-state index contributed by atoms with van der Waals surface area (Å²) in [6.45, 7) is 2.66. The van der Waals surface area contributed by atoms with Gasteiger partial charge in [0.1, 0.15) is 5.75 Å². The molecule has 0 saturated carbocycles. The van der Waals surface area contributed by atoms with E-state index in [1.807, 2.05) is 19.1 Å². The average molecular weight is 316 g/mol. The van der Waals surface area contributed by atoms with Crippen LogP contribution in [0.25, 0.3) is 0 Å². The first-order valence-corrected chi connectivity index (χ1v) is 8.34. The molecule has 1 aliphatic carbocycles. The molecule has 1 amide bonds. The number of carbonyl (C=O) groups excluding carboxylic acids is 1. The highest BCUT2D eigenvalue weighted by molar-refractivity contribution is 7.16. The number of ether oxygens (including phenoxy) is 1. The molecule has 5 heteroatoms. The maximum Gasteiger partial charge on any atom is 0.251 e. The van der Waals surface area contributed by atoms with E-state index >= 15 is 0 Å². The molecular weight excluding hydrogens is 296 g/mol. The largest absolute Gasteiger partial charge is 0.494 e. The molecule has 1 atom stereocenters. The standard InChI is InChI=1S/C17H20N2O2S/c1-2-21-12-6-3-10(4-7-12)11-5-8-13-14(9-11)22-17(19)15(13)16(18)20/h3-4,6-7,11H,2,5,8-9,19H2,1H3,(H2,18,20). The second-order valence-corrected chi connectivity index (χ2v) is 6.69. The van der Waals surface area contributed by atoms with Crippen LogP contribution in [0.15, 0.2) is 24.3 Å². The summed E-state index contributed by atoms with van der Waals surface area (Å²) in [5.41, 5.74) is 14.3. The zero-order valence-electron chi connectivity index (χ0n) is 12.6. The van der Waals surface area contributed by atoms with Crippen LogP contribution in [0.4, 0.5) is 5.00 Å². The van der Waals surface area contributed by atoms with Gasteiger partial charge >= 0.3 is 0 Å². The summed E-state index contributed by atoms with van der Waals surface area (Å²) in [6, 6.07) is 8.30. The first-order chi connectivity index (χ1) is 10.6. The third-order valence-electron chi connectivity index (χ3n) is 4.20. The SMILES string of the molecule is CCOc1ccc(C2CCc3c(sc(N)c3C(N)=O)C2)cc1. The van der Waals surface area contributed by atoms with Crippen LogP contribution in [0.2, 0.25) is 0 Å². The number of hydrogen-bond acceptors (Lipinski definition) is 4. The molecule has 1 aliphatic rings. The first-order valence-electron chi connectivity index (χ1n) is 7.52. The van der Waals surface area contributed by atoms with Gasteiger partial charge in [0, 0.05) is 4.88 Å². The first kappa shape index (κ1) is 14.9. The molecule has 0 bridgehead atoms. The molecule has 1 aromatic heterocycles. The van der Waals surface area contributed by atoms with Crippen molar-refractivity contribution in [3.63, 3.8) is 0 Å². The number of nitrogen functional groups attached to an aromatic ring is 1. The Morgan fingerprint density at radius 2 is 2.09 bits per heavy atom. The van der Waals surface area contributed by atoms with Crippen molar-refractivity contribution < 1.29 is 9.53 Å². The molecule has 1 heterocycles. The number of amides is 1. The van der Waals surface area contributed by atoms with Crippen LogP contribution >= 0.6 is 11.3 Å². The summed E-state index contributed by atoms with van der Waals surface area (Å²) in [4.78, 5) is 12.7. The van der Waals surface area contributed by atoms with Crippen LogP contribution in [0.5, 0.6) is 5.75 Å². The van der Waals surface area contributed by atoms with Gasteiger partial charge in [0.2, 0.25) is 0 Å². The van der Waals surface area contributed by atoms with Crippen LogP contribution < -0.4 is 16.2 Å². The minimum absolute atomic E-state index is 0.408. The molecule has 0 spiro atoms. The zero-order valence-corrected chi connectivity index (χ0v) is 13.4. The summed E-state index contributed by atoms with van der Waals surface area (Å²) >= 11 is 1.51. The molecule has 3 rings (SSSR count). The number of hydrogen-bond donors (Lipinski definition) is 2. The Labute approximate surface area is 134 Å². The fourth-order valence-corrected chi connectivity index (χ4v) is 4.37. The van der Waals surface area contributed by atoms with E-state index in [-0.39, 0.29) is 0 Å². The number of primary amides is 1. The van der Waals surface area contributed by atoms with Crippen molar-refractivity contribution in [3.8, 4) is 5.75 Å². The van der Waals surface area contributed by atoms with Crippen molar-refractivity contribution in [3.05, 3.63) is 45.8 Å². The Morgan fingerprint density at radius 1 is 1.36 bits per heavy atom. The highest BCUT2D eigenvalue weighted by atomic mass is 32.1. The van der Waals surface area contributed by atoms with Crippen LogP contribution in [0.1, 0.15) is 45.6 Å². The Kier molecular flexibility index (Phi) is 4.07. The number of anilines is 1. The number of thiophene rings is 1. The summed E-state index contributed by atoms with van der Waals surface area (Å²) in [5.74, 6) is 0.954. The lowest BCUT2D eigenvalue weighted by atomic mass is 9.83. The van der Waals surface area contributed by atoms with Crippen molar-refractivity contribution >= 4 is 22.2 Å². The van der Waals surface area contributed by atoms with Gasteiger partial charge in [-0.3, -0.25) is 4.79 Å². The third-order valence-corrected chi connectivity index (χ3v) is 5.28. The molecule has 0 radical (unpaired) electrons. The number of rotatable bonds is 4. The van der Waals surface area contributed by atoms with Crippen molar-refractivity contribution in [1.82, 2.24) is 0 Å².